The third-order valence-corrected chi connectivity index (χ3v) is 4.29. The van der Waals surface area contributed by atoms with Crippen LogP contribution in [-0.2, 0) is 6.54 Å². The van der Waals surface area contributed by atoms with Gasteiger partial charge in [0.05, 0.1) is 18.1 Å². The lowest BCUT2D eigenvalue weighted by Gasteiger charge is -2.12. The van der Waals surface area contributed by atoms with E-state index in [1.165, 1.54) is 22.5 Å². The average molecular weight is 396 g/mol. The second kappa shape index (κ2) is 10.1. The minimum Gasteiger partial charge on any atom is -0.494 e. The van der Waals surface area contributed by atoms with E-state index in [-0.39, 0.29) is 5.69 Å². The molecule has 0 unspecified atom stereocenters. The molecule has 0 aliphatic heterocycles. The second-order valence-electron chi connectivity index (χ2n) is 6.36. The predicted molar refractivity (Wildman–Crippen MR) is 112 cm³/mol. The Morgan fingerprint density at radius 3 is 2.76 bits per heavy atom. The molecule has 9 nitrogen and oxygen atoms in total. The largest absolute Gasteiger partial charge is 0.494 e. The Morgan fingerprint density at radius 2 is 2.00 bits per heavy atom. The van der Waals surface area contributed by atoms with Crippen LogP contribution in [0.25, 0.3) is 10.8 Å². The number of aromatic nitrogens is 2. The van der Waals surface area contributed by atoms with Gasteiger partial charge in [-0.05, 0) is 29.3 Å². The fourth-order valence-electron chi connectivity index (χ4n) is 2.80. The zero-order chi connectivity index (χ0) is 20.5. The van der Waals surface area contributed by atoms with Gasteiger partial charge in [-0.25, -0.2) is 0 Å². The number of nitrogens with zero attached hydrogens (tertiary/aromatic N) is 4. The van der Waals surface area contributed by atoms with E-state index in [0.29, 0.717) is 32.2 Å². The molecule has 0 aliphatic rings. The number of hydrogen-bond donors (Lipinski definition) is 2. The molecule has 0 bridgehead atoms. The maximum atomic E-state index is 10.7. The van der Waals surface area contributed by atoms with Gasteiger partial charge in [0.25, 0.3) is 0 Å². The van der Waals surface area contributed by atoms with Gasteiger partial charge in [-0.2, -0.15) is 5.10 Å². The summed E-state index contributed by atoms with van der Waals surface area (Å²) in [6, 6.07) is 14.3. The highest BCUT2D eigenvalue weighted by atomic mass is 16.6. The molecule has 0 atom stereocenters. The van der Waals surface area contributed by atoms with Gasteiger partial charge < -0.3 is 15.4 Å². The van der Waals surface area contributed by atoms with E-state index < -0.39 is 4.92 Å². The van der Waals surface area contributed by atoms with Crippen molar-refractivity contribution in [1.82, 2.24) is 20.4 Å². The lowest BCUT2D eigenvalue weighted by atomic mass is 10.1. The fraction of sp³-hybridized carbons (Fsp3) is 0.300. The summed E-state index contributed by atoms with van der Waals surface area (Å²) in [5, 5.41) is 23.3. The first-order valence-electron chi connectivity index (χ1n) is 9.38. The molecule has 0 fully saturated rings. The third-order valence-electron chi connectivity index (χ3n) is 4.29. The molecule has 0 radical (unpaired) electrons. The minimum absolute atomic E-state index is 0.0149. The highest BCUT2D eigenvalue weighted by Gasteiger charge is 2.08. The molecule has 2 aromatic carbocycles. The number of aliphatic imine (C=N–C) groups is 1. The Bertz CT molecular complexity index is 985. The molecular weight excluding hydrogens is 372 g/mol. The van der Waals surface area contributed by atoms with Gasteiger partial charge in [-0.1, -0.05) is 30.3 Å². The lowest BCUT2D eigenvalue weighted by molar-refractivity contribution is -0.385. The van der Waals surface area contributed by atoms with Crippen molar-refractivity contribution in [3.8, 4) is 5.75 Å². The Kier molecular flexibility index (Phi) is 6.99. The number of guanidine groups is 1. The van der Waals surface area contributed by atoms with E-state index in [1.807, 2.05) is 24.3 Å². The maximum Gasteiger partial charge on any atom is 0.306 e. The average Bonchev–Trinajstić information content (AvgIpc) is 3.21. The van der Waals surface area contributed by atoms with E-state index in [0.717, 1.165) is 17.6 Å². The molecule has 1 heterocycles. The van der Waals surface area contributed by atoms with Crippen LogP contribution < -0.4 is 15.4 Å². The van der Waals surface area contributed by atoms with E-state index in [4.69, 9.17) is 4.74 Å². The molecule has 0 saturated heterocycles. The van der Waals surface area contributed by atoms with E-state index >= 15 is 0 Å². The third kappa shape index (κ3) is 5.93. The molecule has 3 rings (SSSR count). The van der Waals surface area contributed by atoms with Gasteiger partial charge in [0.2, 0.25) is 0 Å². The van der Waals surface area contributed by atoms with Crippen LogP contribution in [0.5, 0.6) is 5.75 Å². The minimum atomic E-state index is -0.461. The molecule has 0 saturated carbocycles. The van der Waals surface area contributed by atoms with Gasteiger partial charge >= 0.3 is 5.69 Å². The number of ether oxygens (including phenoxy) is 1. The van der Waals surface area contributed by atoms with E-state index in [2.05, 4.69) is 38.9 Å². The van der Waals surface area contributed by atoms with Crippen molar-refractivity contribution >= 4 is 22.4 Å². The molecule has 29 heavy (non-hydrogen) atoms. The summed E-state index contributed by atoms with van der Waals surface area (Å²) in [5.41, 5.74) is -0.0149. The van der Waals surface area contributed by atoms with Gasteiger partial charge in [0, 0.05) is 20.1 Å². The van der Waals surface area contributed by atoms with Gasteiger partial charge in [0.15, 0.2) is 5.96 Å². The van der Waals surface area contributed by atoms with Crippen molar-refractivity contribution < 1.29 is 9.66 Å². The summed E-state index contributed by atoms with van der Waals surface area (Å²) in [7, 11) is 1.69. The van der Waals surface area contributed by atoms with E-state index in [9.17, 15) is 10.1 Å². The number of rotatable bonds is 9. The number of fused-ring (bicyclic) bond motifs is 1. The topological polar surface area (TPSA) is 107 Å². The summed E-state index contributed by atoms with van der Waals surface area (Å²) in [6.07, 6.45) is 3.46. The highest BCUT2D eigenvalue weighted by Crippen LogP contribution is 2.20. The zero-order valence-electron chi connectivity index (χ0n) is 16.2. The Balaban J connectivity index is 1.33. The molecule has 0 spiro atoms. The molecular formula is C20H24N6O3. The van der Waals surface area contributed by atoms with Crippen molar-refractivity contribution in [2.45, 2.75) is 13.0 Å². The van der Waals surface area contributed by atoms with Crippen LogP contribution in [0, 0.1) is 10.1 Å². The number of hydrogen-bond acceptors (Lipinski definition) is 5. The normalized spacial score (nSPS) is 11.4. The summed E-state index contributed by atoms with van der Waals surface area (Å²) in [6.45, 7) is 2.35. The van der Waals surface area contributed by atoms with Crippen LogP contribution in [0.4, 0.5) is 5.69 Å². The van der Waals surface area contributed by atoms with Crippen LogP contribution in [0.15, 0.2) is 59.9 Å². The molecule has 152 valence electrons. The molecule has 9 heteroatoms. The van der Waals surface area contributed by atoms with Crippen molar-refractivity contribution in [3.05, 3.63) is 65.0 Å². The molecule has 0 amide bonds. The van der Waals surface area contributed by atoms with Crippen LogP contribution in [0.2, 0.25) is 0 Å². The Morgan fingerprint density at radius 1 is 1.21 bits per heavy atom. The van der Waals surface area contributed by atoms with Crippen LogP contribution in [-0.4, -0.2) is 47.4 Å². The predicted octanol–water partition coefficient (Wildman–Crippen LogP) is 2.58. The summed E-state index contributed by atoms with van der Waals surface area (Å²) in [4.78, 5) is 14.4. The Labute approximate surface area is 168 Å². The summed E-state index contributed by atoms with van der Waals surface area (Å²) < 4.78 is 7.35. The van der Waals surface area contributed by atoms with Crippen LogP contribution in [0.1, 0.15) is 6.42 Å². The number of nitrogens with one attached hydrogen (secondary N) is 2. The second-order valence-corrected chi connectivity index (χ2v) is 6.36. The van der Waals surface area contributed by atoms with Gasteiger partial charge in [-0.15, -0.1) is 0 Å². The van der Waals surface area contributed by atoms with Crippen LogP contribution in [0.3, 0.4) is 0 Å². The van der Waals surface area contributed by atoms with Crippen molar-refractivity contribution in [3.63, 3.8) is 0 Å². The van der Waals surface area contributed by atoms with Gasteiger partial charge in [-0.3, -0.25) is 19.8 Å². The molecule has 3 aromatic rings. The van der Waals surface area contributed by atoms with Gasteiger partial charge in [0.1, 0.15) is 18.1 Å². The first kappa shape index (κ1) is 20.1. The lowest BCUT2D eigenvalue weighted by Crippen LogP contribution is -2.39. The smallest absolute Gasteiger partial charge is 0.306 e. The summed E-state index contributed by atoms with van der Waals surface area (Å²) in [5.74, 6) is 1.52. The number of nitro groups is 1. The fourth-order valence-corrected chi connectivity index (χ4v) is 2.80. The maximum absolute atomic E-state index is 10.7. The molecule has 1 aromatic heterocycles. The zero-order valence-corrected chi connectivity index (χ0v) is 16.2. The SMILES string of the molecule is CN=C(NCCCOc1ccc2ccccc2c1)NCCn1cc([N+](=O)[O-])cn1. The Hall–Kier alpha value is -3.62. The summed E-state index contributed by atoms with van der Waals surface area (Å²) >= 11 is 0. The highest BCUT2D eigenvalue weighted by molar-refractivity contribution is 5.83. The first-order chi connectivity index (χ1) is 14.2. The quantitative estimate of drug-likeness (QED) is 0.189. The van der Waals surface area contributed by atoms with E-state index in [1.54, 1.807) is 7.05 Å². The van der Waals surface area contributed by atoms with Crippen molar-refractivity contribution in [2.24, 2.45) is 4.99 Å². The van der Waals surface area contributed by atoms with Crippen molar-refractivity contribution in [2.75, 3.05) is 26.7 Å². The number of benzene rings is 2. The molecule has 0 aliphatic carbocycles. The first-order valence-corrected chi connectivity index (χ1v) is 9.38. The molecule has 2 N–H and O–H groups in total. The standard InChI is InChI=1S/C20H24N6O3/c1-21-20(23-10-11-25-15-18(14-24-25)26(27)28)22-9-4-12-29-19-8-7-16-5-2-3-6-17(16)13-19/h2-3,5-8,13-15H,4,9-12H2,1H3,(H2,21,22,23). The van der Waals surface area contributed by atoms with Crippen molar-refractivity contribution in [1.29, 1.82) is 0 Å². The van der Waals surface area contributed by atoms with Crippen LogP contribution >= 0.6 is 0 Å². The monoisotopic (exact) mass is 396 g/mol.